The van der Waals surface area contributed by atoms with E-state index in [0.717, 1.165) is 0 Å². The Balaban J connectivity index is 2.76. The number of amides is 1. The van der Waals surface area contributed by atoms with Crippen LogP contribution in [-0.4, -0.2) is 46.9 Å². The molecule has 112 valence electrons. The van der Waals surface area contributed by atoms with Crippen molar-refractivity contribution < 1.29 is 22.7 Å². The van der Waals surface area contributed by atoms with Gasteiger partial charge in [-0.05, 0) is 25.1 Å². The number of carbonyl (C=O) groups excluding carboxylic acids is 1. The fraction of sp³-hybridized carbons (Fsp3) is 0.462. The number of benzene rings is 1. The van der Waals surface area contributed by atoms with Gasteiger partial charge in [0.05, 0.1) is 18.6 Å². The first-order chi connectivity index (χ1) is 9.39. The number of hydrogen-bond donors (Lipinski definition) is 1. The van der Waals surface area contributed by atoms with E-state index < -0.39 is 21.5 Å². The molecule has 0 aromatic heterocycles. The van der Waals surface area contributed by atoms with Crippen LogP contribution in [0.15, 0.2) is 29.2 Å². The molecule has 1 aromatic rings. The molecule has 6 nitrogen and oxygen atoms in total. The molecule has 20 heavy (non-hydrogen) atoms. The molecule has 0 spiro atoms. The van der Waals surface area contributed by atoms with Crippen molar-refractivity contribution in [3.63, 3.8) is 0 Å². The number of methoxy groups -OCH3 is 2. The largest absolute Gasteiger partial charge is 0.497 e. The second kappa shape index (κ2) is 7.25. The molecule has 1 N–H and O–H groups in total. The Hall–Kier alpha value is -1.60. The van der Waals surface area contributed by atoms with E-state index in [0.29, 0.717) is 12.4 Å². The van der Waals surface area contributed by atoms with Crippen molar-refractivity contribution >= 4 is 15.7 Å². The van der Waals surface area contributed by atoms with Gasteiger partial charge in [0, 0.05) is 13.2 Å². The zero-order valence-electron chi connectivity index (χ0n) is 11.8. The zero-order valence-corrected chi connectivity index (χ0v) is 12.6. The quantitative estimate of drug-likeness (QED) is 0.798. The van der Waals surface area contributed by atoms with E-state index in [1.165, 1.54) is 26.4 Å². The fourth-order valence-corrected chi connectivity index (χ4v) is 2.84. The first-order valence-corrected chi connectivity index (χ1v) is 7.69. The van der Waals surface area contributed by atoms with Crippen LogP contribution in [-0.2, 0) is 19.4 Å². The van der Waals surface area contributed by atoms with E-state index in [-0.39, 0.29) is 10.9 Å². The highest BCUT2D eigenvalue weighted by Gasteiger charge is 2.20. The number of nitrogens with one attached hydrogen (secondary N) is 1. The third kappa shape index (κ3) is 4.82. The van der Waals surface area contributed by atoms with Gasteiger partial charge in [0.15, 0.2) is 9.84 Å². The van der Waals surface area contributed by atoms with Crippen molar-refractivity contribution in [2.45, 2.75) is 17.9 Å². The molecule has 1 rings (SSSR count). The average molecular weight is 301 g/mol. The van der Waals surface area contributed by atoms with Gasteiger partial charge < -0.3 is 14.8 Å². The maximum Gasteiger partial charge on any atom is 0.235 e. The summed E-state index contributed by atoms with van der Waals surface area (Å²) in [5.74, 6) is -0.731. The molecule has 1 amide bonds. The number of sulfone groups is 1. The Morgan fingerprint density at radius 2 is 2.05 bits per heavy atom. The molecular weight excluding hydrogens is 282 g/mol. The van der Waals surface area contributed by atoms with Crippen LogP contribution in [0.4, 0.5) is 0 Å². The Morgan fingerprint density at radius 1 is 1.35 bits per heavy atom. The molecule has 7 heteroatoms. The normalized spacial score (nSPS) is 12.8. The second-order valence-corrected chi connectivity index (χ2v) is 6.35. The Kier molecular flexibility index (Phi) is 5.97. The van der Waals surface area contributed by atoms with Gasteiger partial charge in [-0.1, -0.05) is 6.07 Å². The maximum absolute atomic E-state index is 12.1. The van der Waals surface area contributed by atoms with Crippen molar-refractivity contribution in [1.82, 2.24) is 5.32 Å². The first kappa shape index (κ1) is 16.5. The van der Waals surface area contributed by atoms with Crippen LogP contribution in [0.1, 0.15) is 6.92 Å². The summed E-state index contributed by atoms with van der Waals surface area (Å²) in [6.07, 6.45) is 0. The van der Waals surface area contributed by atoms with Crippen molar-refractivity contribution in [1.29, 1.82) is 0 Å². The SMILES string of the molecule is COCC(C)NC(=O)CS(=O)(=O)c1cccc(OC)c1. The van der Waals surface area contributed by atoms with Crippen LogP contribution in [0.2, 0.25) is 0 Å². The minimum atomic E-state index is -3.69. The molecule has 0 aliphatic heterocycles. The van der Waals surface area contributed by atoms with Crippen molar-refractivity contribution in [2.75, 3.05) is 26.6 Å². The average Bonchev–Trinajstić information content (AvgIpc) is 2.38. The highest BCUT2D eigenvalue weighted by atomic mass is 32.2. The van der Waals surface area contributed by atoms with E-state index in [4.69, 9.17) is 9.47 Å². The summed E-state index contributed by atoms with van der Waals surface area (Å²) in [7, 11) is -0.727. The Morgan fingerprint density at radius 3 is 2.65 bits per heavy atom. The van der Waals surface area contributed by atoms with Gasteiger partial charge >= 0.3 is 0 Å². The lowest BCUT2D eigenvalue weighted by Gasteiger charge is -2.13. The highest BCUT2D eigenvalue weighted by molar-refractivity contribution is 7.92. The smallest absolute Gasteiger partial charge is 0.235 e. The van der Waals surface area contributed by atoms with Crippen LogP contribution < -0.4 is 10.1 Å². The summed E-state index contributed by atoms with van der Waals surface area (Å²) in [5, 5.41) is 2.56. The lowest BCUT2D eigenvalue weighted by Crippen LogP contribution is -2.39. The maximum atomic E-state index is 12.1. The number of ether oxygens (including phenoxy) is 2. The summed E-state index contributed by atoms with van der Waals surface area (Å²) in [5.41, 5.74) is 0. The lowest BCUT2D eigenvalue weighted by molar-refractivity contribution is -0.119. The van der Waals surface area contributed by atoms with Crippen LogP contribution in [0.5, 0.6) is 5.75 Å². The number of rotatable bonds is 7. The summed E-state index contributed by atoms with van der Waals surface area (Å²) in [6.45, 7) is 2.06. The molecule has 0 radical (unpaired) electrons. The van der Waals surface area contributed by atoms with Gasteiger partial charge in [0.25, 0.3) is 0 Å². The zero-order chi connectivity index (χ0) is 15.2. The van der Waals surface area contributed by atoms with Crippen molar-refractivity contribution in [3.05, 3.63) is 24.3 Å². The molecule has 0 aliphatic carbocycles. The topological polar surface area (TPSA) is 81.7 Å². The van der Waals surface area contributed by atoms with Gasteiger partial charge in [-0.2, -0.15) is 0 Å². The van der Waals surface area contributed by atoms with Crippen molar-refractivity contribution in [3.8, 4) is 5.75 Å². The minimum Gasteiger partial charge on any atom is -0.497 e. The Bertz CT molecular complexity index is 556. The molecule has 0 fully saturated rings. The monoisotopic (exact) mass is 301 g/mol. The van der Waals surface area contributed by atoms with E-state index in [1.807, 2.05) is 0 Å². The molecule has 0 saturated heterocycles. The predicted octanol–water partition coefficient (Wildman–Crippen LogP) is 0.620. The summed E-state index contributed by atoms with van der Waals surface area (Å²) in [6, 6.07) is 5.79. The van der Waals surface area contributed by atoms with Gasteiger partial charge in [-0.25, -0.2) is 8.42 Å². The standard InChI is InChI=1S/C13H19NO5S/c1-10(8-18-2)14-13(15)9-20(16,17)12-6-4-5-11(7-12)19-3/h4-7,10H,8-9H2,1-3H3,(H,14,15). The predicted molar refractivity (Wildman–Crippen MR) is 74.5 cm³/mol. The number of carbonyl (C=O) groups is 1. The molecule has 0 aliphatic rings. The summed E-state index contributed by atoms with van der Waals surface area (Å²) >= 11 is 0. The van der Waals surface area contributed by atoms with Gasteiger partial charge in [-0.3, -0.25) is 4.79 Å². The molecule has 0 bridgehead atoms. The van der Waals surface area contributed by atoms with Crippen LogP contribution in [0.25, 0.3) is 0 Å². The third-order valence-corrected chi connectivity index (χ3v) is 4.16. The minimum absolute atomic E-state index is 0.0615. The van der Waals surface area contributed by atoms with Gasteiger partial charge in [0.1, 0.15) is 11.5 Å². The number of hydrogen-bond acceptors (Lipinski definition) is 5. The Labute approximate surface area is 119 Å². The van der Waals surface area contributed by atoms with Crippen LogP contribution in [0, 0.1) is 0 Å². The molecular formula is C13H19NO5S. The summed E-state index contributed by atoms with van der Waals surface area (Å²) < 4.78 is 34.0. The van der Waals surface area contributed by atoms with E-state index in [1.54, 1.807) is 19.1 Å². The summed E-state index contributed by atoms with van der Waals surface area (Å²) in [4.78, 5) is 11.8. The molecule has 0 heterocycles. The third-order valence-electron chi connectivity index (χ3n) is 2.55. The van der Waals surface area contributed by atoms with Crippen LogP contribution >= 0.6 is 0 Å². The van der Waals surface area contributed by atoms with Gasteiger partial charge in [-0.15, -0.1) is 0 Å². The van der Waals surface area contributed by atoms with Gasteiger partial charge in [0.2, 0.25) is 5.91 Å². The second-order valence-electron chi connectivity index (χ2n) is 4.36. The lowest BCUT2D eigenvalue weighted by atomic mass is 10.3. The molecule has 1 atom stereocenters. The molecule has 1 unspecified atom stereocenters. The highest BCUT2D eigenvalue weighted by Crippen LogP contribution is 2.18. The van der Waals surface area contributed by atoms with Crippen LogP contribution in [0.3, 0.4) is 0 Å². The van der Waals surface area contributed by atoms with E-state index in [9.17, 15) is 13.2 Å². The van der Waals surface area contributed by atoms with E-state index in [2.05, 4.69) is 5.32 Å². The molecule has 0 saturated carbocycles. The molecule has 1 aromatic carbocycles. The van der Waals surface area contributed by atoms with Crippen molar-refractivity contribution in [2.24, 2.45) is 0 Å². The van der Waals surface area contributed by atoms with E-state index >= 15 is 0 Å². The first-order valence-electron chi connectivity index (χ1n) is 6.04. The fourth-order valence-electron chi connectivity index (χ4n) is 1.66.